The van der Waals surface area contributed by atoms with Gasteiger partial charge in [-0.2, -0.15) is 5.26 Å². The summed E-state index contributed by atoms with van der Waals surface area (Å²) in [6, 6.07) is 3.97. The van der Waals surface area contributed by atoms with Crippen molar-refractivity contribution in [2.45, 2.75) is 4.90 Å². The van der Waals surface area contributed by atoms with Crippen LogP contribution in [0.15, 0.2) is 23.1 Å². The second kappa shape index (κ2) is 4.12. The molecule has 0 aromatic heterocycles. The standard InChI is InChI=1S/C7H3ClN2O2S/c8-6-2-1-5(10(11)12)3-7(6)13-4-9/h1-3H. The van der Waals surface area contributed by atoms with E-state index in [0.29, 0.717) is 9.92 Å². The second-order valence-electron chi connectivity index (χ2n) is 2.07. The minimum atomic E-state index is -0.530. The molecule has 1 rings (SSSR count). The van der Waals surface area contributed by atoms with Crippen LogP contribution in [0.25, 0.3) is 0 Å². The number of nitriles is 1. The molecule has 0 saturated heterocycles. The number of non-ortho nitro benzene ring substituents is 1. The third-order valence-electron chi connectivity index (χ3n) is 1.28. The van der Waals surface area contributed by atoms with E-state index in [9.17, 15) is 10.1 Å². The van der Waals surface area contributed by atoms with Crippen LogP contribution in [-0.4, -0.2) is 4.92 Å². The van der Waals surface area contributed by atoms with Gasteiger partial charge in [0.05, 0.1) is 9.95 Å². The van der Waals surface area contributed by atoms with E-state index >= 15 is 0 Å². The van der Waals surface area contributed by atoms with Crippen LogP contribution in [0.4, 0.5) is 5.69 Å². The van der Waals surface area contributed by atoms with Crippen molar-refractivity contribution in [2.75, 3.05) is 0 Å². The number of halogens is 1. The lowest BCUT2D eigenvalue weighted by atomic mass is 10.3. The molecular weight excluding hydrogens is 212 g/mol. The average molecular weight is 215 g/mol. The molecule has 0 saturated carbocycles. The van der Waals surface area contributed by atoms with Gasteiger partial charge in [-0.3, -0.25) is 10.1 Å². The van der Waals surface area contributed by atoms with Gasteiger partial charge in [-0.05, 0) is 17.8 Å². The normalized spacial score (nSPS) is 9.23. The van der Waals surface area contributed by atoms with E-state index in [1.807, 2.05) is 0 Å². The minimum Gasteiger partial charge on any atom is -0.258 e. The molecule has 0 fully saturated rings. The lowest BCUT2D eigenvalue weighted by Gasteiger charge is -1.96. The molecule has 0 heterocycles. The quantitative estimate of drug-likeness (QED) is 0.329. The minimum absolute atomic E-state index is 0.0675. The maximum atomic E-state index is 10.3. The van der Waals surface area contributed by atoms with Gasteiger partial charge in [-0.1, -0.05) is 11.6 Å². The molecule has 0 bridgehead atoms. The summed E-state index contributed by atoms with van der Waals surface area (Å²) in [5.41, 5.74) is -0.0675. The van der Waals surface area contributed by atoms with Gasteiger partial charge < -0.3 is 0 Å². The molecule has 13 heavy (non-hydrogen) atoms. The largest absolute Gasteiger partial charge is 0.270 e. The van der Waals surface area contributed by atoms with Crippen molar-refractivity contribution in [3.63, 3.8) is 0 Å². The van der Waals surface area contributed by atoms with Gasteiger partial charge in [0, 0.05) is 17.0 Å². The van der Waals surface area contributed by atoms with Crippen molar-refractivity contribution in [3.8, 4) is 5.40 Å². The molecule has 0 aliphatic heterocycles. The van der Waals surface area contributed by atoms with Crippen molar-refractivity contribution in [3.05, 3.63) is 33.3 Å². The molecule has 1 aromatic rings. The van der Waals surface area contributed by atoms with Crippen LogP contribution in [0.2, 0.25) is 5.02 Å². The fourth-order valence-electron chi connectivity index (χ4n) is 0.733. The smallest absolute Gasteiger partial charge is 0.258 e. The van der Waals surface area contributed by atoms with Crippen LogP contribution in [0.5, 0.6) is 0 Å². The third kappa shape index (κ3) is 2.34. The van der Waals surface area contributed by atoms with Crippen molar-refractivity contribution >= 4 is 29.1 Å². The molecule has 0 atom stereocenters. The Hall–Kier alpha value is -1.25. The Morgan fingerprint density at radius 2 is 2.31 bits per heavy atom. The van der Waals surface area contributed by atoms with Crippen molar-refractivity contribution in [1.82, 2.24) is 0 Å². The fourth-order valence-corrected chi connectivity index (χ4v) is 1.41. The third-order valence-corrected chi connectivity index (χ3v) is 2.37. The Bertz CT molecular complexity index is 389. The number of nitro groups is 1. The van der Waals surface area contributed by atoms with Crippen molar-refractivity contribution in [1.29, 1.82) is 5.26 Å². The zero-order chi connectivity index (χ0) is 9.84. The highest BCUT2D eigenvalue weighted by Crippen LogP contribution is 2.29. The van der Waals surface area contributed by atoms with Gasteiger partial charge >= 0.3 is 0 Å². The summed E-state index contributed by atoms with van der Waals surface area (Å²) in [5, 5.41) is 20.8. The molecule has 0 radical (unpaired) electrons. The van der Waals surface area contributed by atoms with Gasteiger partial charge in [0.2, 0.25) is 0 Å². The highest BCUT2D eigenvalue weighted by Gasteiger charge is 2.09. The molecule has 6 heteroatoms. The monoisotopic (exact) mass is 214 g/mol. The number of rotatable bonds is 2. The highest BCUT2D eigenvalue weighted by molar-refractivity contribution is 8.03. The fraction of sp³-hybridized carbons (Fsp3) is 0. The summed E-state index contributed by atoms with van der Waals surface area (Å²) in [4.78, 5) is 10.2. The number of hydrogen-bond acceptors (Lipinski definition) is 4. The number of nitrogens with zero attached hydrogens (tertiary/aromatic N) is 2. The van der Waals surface area contributed by atoms with Gasteiger partial charge in [-0.15, -0.1) is 0 Å². The summed E-state index contributed by atoms with van der Waals surface area (Å²) in [7, 11) is 0. The predicted octanol–water partition coefficient (Wildman–Crippen LogP) is 2.82. The van der Waals surface area contributed by atoms with E-state index in [-0.39, 0.29) is 5.69 Å². The van der Waals surface area contributed by atoms with Gasteiger partial charge in [0.25, 0.3) is 5.69 Å². The molecule has 0 amide bonds. The molecule has 0 spiro atoms. The van der Waals surface area contributed by atoms with Crippen LogP contribution in [0.1, 0.15) is 0 Å². The van der Waals surface area contributed by atoms with Crippen LogP contribution in [0.3, 0.4) is 0 Å². The lowest BCUT2D eigenvalue weighted by molar-refractivity contribution is -0.385. The van der Waals surface area contributed by atoms with Crippen LogP contribution in [-0.2, 0) is 0 Å². The summed E-state index contributed by atoms with van der Waals surface area (Å²) < 4.78 is 0. The first kappa shape index (κ1) is 9.84. The SMILES string of the molecule is N#CSc1cc([N+](=O)[O-])ccc1Cl. The van der Waals surface area contributed by atoms with Crippen LogP contribution >= 0.6 is 23.4 Å². The molecular formula is C7H3ClN2O2S. The lowest BCUT2D eigenvalue weighted by Crippen LogP contribution is -1.87. The summed E-state index contributed by atoms with van der Waals surface area (Å²) in [5.74, 6) is 0. The molecule has 1 aromatic carbocycles. The van der Waals surface area contributed by atoms with Crippen LogP contribution < -0.4 is 0 Å². The first-order chi connectivity index (χ1) is 6.15. The Morgan fingerprint density at radius 1 is 1.62 bits per heavy atom. The van der Waals surface area contributed by atoms with E-state index in [2.05, 4.69) is 0 Å². The first-order valence-electron chi connectivity index (χ1n) is 3.15. The number of hydrogen-bond donors (Lipinski definition) is 0. The second-order valence-corrected chi connectivity index (χ2v) is 3.30. The van der Waals surface area contributed by atoms with Crippen molar-refractivity contribution < 1.29 is 4.92 Å². The molecule has 0 aliphatic carbocycles. The molecule has 0 unspecified atom stereocenters. The Balaban J connectivity index is 3.12. The maximum absolute atomic E-state index is 10.3. The van der Waals surface area contributed by atoms with E-state index in [0.717, 1.165) is 11.8 Å². The Morgan fingerprint density at radius 3 is 2.85 bits per heavy atom. The summed E-state index contributed by atoms with van der Waals surface area (Å²) in [6.07, 6.45) is 0. The predicted molar refractivity (Wildman–Crippen MR) is 49.6 cm³/mol. The molecule has 66 valence electrons. The molecule has 0 N–H and O–H groups in total. The zero-order valence-corrected chi connectivity index (χ0v) is 7.80. The summed E-state index contributed by atoms with van der Waals surface area (Å²) in [6.45, 7) is 0. The summed E-state index contributed by atoms with van der Waals surface area (Å²) >= 11 is 6.49. The number of thiocyanates is 1. The van der Waals surface area contributed by atoms with Gasteiger partial charge in [-0.25, -0.2) is 0 Å². The maximum Gasteiger partial charge on any atom is 0.270 e. The van der Waals surface area contributed by atoms with E-state index in [1.165, 1.54) is 18.2 Å². The molecule has 0 aliphatic rings. The molecule has 4 nitrogen and oxygen atoms in total. The van der Waals surface area contributed by atoms with E-state index < -0.39 is 4.92 Å². The Labute approximate surface area is 83.3 Å². The highest BCUT2D eigenvalue weighted by atomic mass is 35.5. The Kier molecular flexibility index (Phi) is 3.12. The van der Waals surface area contributed by atoms with Crippen LogP contribution in [0, 0.1) is 20.8 Å². The number of benzene rings is 1. The van der Waals surface area contributed by atoms with Gasteiger partial charge in [0.15, 0.2) is 0 Å². The first-order valence-corrected chi connectivity index (χ1v) is 4.34. The van der Waals surface area contributed by atoms with Crippen molar-refractivity contribution in [2.24, 2.45) is 0 Å². The average Bonchev–Trinajstić information content (AvgIpc) is 2.08. The van der Waals surface area contributed by atoms with E-state index in [4.69, 9.17) is 16.9 Å². The van der Waals surface area contributed by atoms with E-state index in [1.54, 1.807) is 5.40 Å². The zero-order valence-electron chi connectivity index (χ0n) is 6.23. The topological polar surface area (TPSA) is 66.9 Å². The van der Waals surface area contributed by atoms with Gasteiger partial charge in [0.1, 0.15) is 5.40 Å². The number of thioether (sulfide) groups is 1. The number of nitro benzene ring substituents is 1.